The molecule has 1 amide bonds. The Morgan fingerprint density at radius 1 is 1.31 bits per heavy atom. The van der Waals surface area contributed by atoms with E-state index >= 15 is 0 Å². The van der Waals surface area contributed by atoms with Crippen LogP contribution in [0.15, 0.2) is 0 Å². The molecule has 0 aromatic heterocycles. The Morgan fingerprint density at radius 2 is 1.94 bits per heavy atom. The van der Waals surface area contributed by atoms with Gasteiger partial charge < -0.3 is 20.1 Å². The predicted octanol–water partition coefficient (Wildman–Crippen LogP) is 0.152. The topological polar surface area (TPSA) is 59.6 Å². The van der Waals surface area contributed by atoms with Crippen molar-refractivity contribution in [2.24, 2.45) is 0 Å². The zero-order chi connectivity index (χ0) is 12.6. The Morgan fingerprint density at radius 3 is 2.44 bits per heavy atom. The van der Waals surface area contributed by atoms with Gasteiger partial charge in [-0.3, -0.25) is 4.79 Å². The van der Waals surface area contributed by atoms with Crippen LogP contribution in [0.5, 0.6) is 0 Å². The van der Waals surface area contributed by atoms with Gasteiger partial charge in [-0.15, -0.1) is 0 Å². The van der Waals surface area contributed by atoms with Crippen molar-refractivity contribution < 1.29 is 14.3 Å². The largest absolute Gasteiger partial charge is 0.383 e. The molecule has 1 unspecified atom stereocenters. The summed E-state index contributed by atoms with van der Waals surface area (Å²) < 4.78 is 9.98. The molecule has 96 valence electrons. The van der Waals surface area contributed by atoms with Crippen LogP contribution >= 0.6 is 0 Å². The van der Waals surface area contributed by atoms with Crippen LogP contribution in [0.2, 0.25) is 0 Å². The lowest BCUT2D eigenvalue weighted by Gasteiger charge is -2.25. The van der Waals surface area contributed by atoms with E-state index in [4.69, 9.17) is 9.47 Å². The highest BCUT2D eigenvalue weighted by molar-refractivity contribution is 5.78. The first kappa shape index (κ1) is 15.3. The molecule has 0 spiro atoms. The van der Waals surface area contributed by atoms with Gasteiger partial charge in [0, 0.05) is 25.8 Å². The maximum atomic E-state index is 11.5. The maximum Gasteiger partial charge on any atom is 0.234 e. The molecule has 0 aliphatic rings. The van der Waals surface area contributed by atoms with Crippen molar-refractivity contribution in [2.45, 2.75) is 32.4 Å². The zero-order valence-corrected chi connectivity index (χ0v) is 10.9. The summed E-state index contributed by atoms with van der Waals surface area (Å²) in [4.78, 5) is 11.5. The minimum Gasteiger partial charge on any atom is -0.383 e. The third kappa shape index (κ3) is 7.62. The van der Waals surface area contributed by atoms with Crippen LogP contribution in [0.1, 0.15) is 20.8 Å². The molecule has 0 saturated carbocycles. The van der Waals surface area contributed by atoms with Crippen LogP contribution in [-0.2, 0) is 14.3 Å². The highest BCUT2D eigenvalue weighted by Crippen LogP contribution is 2.00. The highest BCUT2D eigenvalue weighted by atomic mass is 16.5. The minimum absolute atomic E-state index is 0.0323. The normalized spacial score (nSPS) is 13.6. The summed E-state index contributed by atoms with van der Waals surface area (Å²) in [6.45, 7) is 7.25. The first-order valence-electron chi connectivity index (χ1n) is 5.43. The third-order valence-electron chi connectivity index (χ3n) is 2.06. The van der Waals surface area contributed by atoms with Crippen molar-refractivity contribution in [3.05, 3.63) is 0 Å². The number of rotatable bonds is 8. The lowest BCUT2D eigenvalue weighted by atomic mass is 10.1. The van der Waals surface area contributed by atoms with Crippen molar-refractivity contribution in [1.82, 2.24) is 10.6 Å². The molecule has 0 rings (SSSR count). The van der Waals surface area contributed by atoms with E-state index in [2.05, 4.69) is 10.6 Å². The number of amides is 1. The summed E-state index contributed by atoms with van der Waals surface area (Å²) >= 11 is 0. The summed E-state index contributed by atoms with van der Waals surface area (Å²) in [5.74, 6) is -0.0336. The SMILES string of the molecule is COCC(C)NC(=O)CNC(C)(C)COC. The number of carbonyl (C=O) groups is 1. The number of ether oxygens (including phenoxy) is 2. The average molecular weight is 232 g/mol. The molecule has 0 aromatic carbocycles. The first-order valence-corrected chi connectivity index (χ1v) is 5.43. The maximum absolute atomic E-state index is 11.5. The van der Waals surface area contributed by atoms with Crippen molar-refractivity contribution in [2.75, 3.05) is 34.0 Å². The Balaban J connectivity index is 3.80. The fourth-order valence-corrected chi connectivity index (χ4v) is 1.35. The molecule has 0 aliphatic carbocycles. The first-order chi connectivity index (χ1) is 7.41. The molecule has 0 aliphatic heterocycles. The van der Waals surface area contributed by atoms with Gasteiger partial charge in [-0.05, 0) is 20.8 Å². The van der Waals surface area contributed by atoms with E-state index in [1.165, 1.54) is 0 Å². The average Bonchev–Trinajstić information content (AvgIpc) is 2.15. The second-order valence-corrected chi connectivity index (χ2v) is 4.59. The van der Waals surface area contributed by atoms with E-state index in [-0.39, 0.29) is 24.0 Å². The van der Waals surface area contributed by atoms with E-state index in [9.17, 15) is 4.79 Å². The summed E-state index contributed by atoms with van der Waals surface area (Å²) in [5.41, 5.74) is -0.198. The van der Waals surface area contributed by atoms with Gasteiger partial charge in [0.25, 0.3) is 0 Å². The van der Waals surface area contributed by atoms with E-state index in [1.54, 1.807) is 14.2 Å². The van der Waals surface area contributed by atoms with E-state index in [0.29, 0.717) is 13.2 Å². The molecule has 0 heterocycles. The fourth-order valence-electron chi connectivity index (χ4n) is 1.35. The number of carbonyl (C=O) groups excluding carboxylic acids is 1. The van der Waals surface area contributed by atoms with Gasteiger partial charge >= 0.3 is 0 Å². The molecule has 5 nitrogen and oxygen atoms in total. The van der Waals surface area contributed by atoms with Crippen molar-refractivity contribution in [3.8, 4) is 0 Å². The van der Waals surface area contributed by atoms with Crippen LogP contribution in [0, 0.1) is 0 Å². The van der Waals surface area contributed by atoms with E-state index < -0.39 is 0 Å². The number of nitrogens with one attached hydrogen (secondary N) is 2. The molecule has 2 N–H and O–H groups in total. The molecule has 5 heteroatoms. The number of methoxy groups -OCH3 is 2. The second-order valence-electron chi connectivity index (χ2n) is 4.59. The monoisotopic (exact) mass is 232 g/mol. The summed E-state index contributed by atoms with van der Waals surface area (Å²) in [6, 6.07) is 0.0323. The van der Waals surface area contributed by atoms with Gasteiger partial charge in [0.15, 0.2) is 0 Å². The van der Waals surface area contributed by atoms with Gasteiger partial charge in [0.2, 0.25) is 5.91 Å². The molecule has 0 fully saturated rings. The van der Waals surface area contributed by atoms with Gasteiger partial charge in [0.05, 0.1) is 19.8 Å². The summed E-state index contributed by atoms with van der Waals surface area (Å²) in [6.07, 6.45) is 0. The van der Waals surface area contributed by atoms with Crippen LogP contribution in [0.4, 0.5) is 0 Å². The van der Waals surface area contributed by atoms with Gasteiger partial charge in [-0.25, -0.2) is 0 Å². The standard InChI is InChI=1S/C11H24N2O3/c1-9(7-15-4)13-10(14)6-12-11(2,3)8-16-5/h9,12H,6-8H2,1-5H3,(H,13,14). The molecule has 0 saturated heterocycles. The molecule has 1 atom stereocenters. The Labute approximate surface area is 97.9 Å². The van der Waals surface area contributed by atoms with Crippen molar-refractivity contribution >= 4 is 5.91 Å². The van der Waals surface area contributed by atoms with E-state index in [1.807, 2.05) is 20.8 Å². The van der Waals surface area contributed by atoms with Crippen molar-refractivity contribution in [3.63, 3.8) is 0 Å². The van der Waals surface area contributed by atoms with Gasteiger partial charge in [-0.2, -0.15) is 0 Å². The summed E-state index contributed by atoms with van der Waals surface area (Å²) in [7, 11) is 3.26. The van der Waals surface area contributed by atoms with Crippen molar-refractivity contribution in [1.29, 1.82) is 0 Å². The lowest BCUT2D eigenvalue weighted by molar-refractivity contribution is -0.121. The minimum atomic E-state index is -0.198. The Bertz CT molecular complexity index is 207. The zero-order valence-electron chi connectivity index (χ0n) is 10.9. The lowest BCUT2D eigenvalue weighted by Crippen LogP contribution is -2.49. The molecule has 0 aromatic rings. The van der Waals surface area contributed by atoms with Gasteiger partial charge in [0.1, 0.15) is 0 Å². The second kappa shape index (κ2) is 7.60. The fraction of sp³-hybridized carbons (Fsp3) is 0.909. The molecule has 0 bridgehead atoms. The Hall–Kier alpha value is -0.650. The van der Waals surface area contributed by atoms with Crippen LogP contribution < -0.4 is 10.6 Å². The smallest absolute Gasteiger partial charge is 0.234 e. The van der Waals surface area contributed by atoms with Gasteiger partial charge in [-0.1, -0.05) is 0 Å². The quantitative estimate of drug-likeness (QED) is 0.625. The molecule has 0 radical (unpaired) electrons. The third-order valence-corrected chi connectivity index (χ3v) is 2.06. The predicted molar refractivity (Wildman–Crippen MR) is 63.4 cm³/mol. The highest BCUT2D eigenvalue weighted by Gasteiger charge is 2.18. The number of hydrogen-bond donors (Lipinski definition) is 2. The molecule has 16 heavy (non-hydrogen) atoms. The Kier molecular flexibility index (Phi) is 7.29. The van der Waals surface area contributed by atoms with Crippen LogP contribution in [0.3, 0.4) is 0 Å². The summed E-state index contributed by atoms with van der Waals surface area (Å²) in [5, 5.41) is 5.96. The van der Waals surface area contributed by atoms with Crippen LogP contribution in [-0.4, -0.2) is 51.5 Å². The number of hydrogen-bond acceptors (Lipinski definition) is 4. The van der Waals surface area contributed by atoms with E-state index in [0.717, 1.165) is 0 Å². The molecular formula is C11H24N2O3. The van der Waals surface area contributed by atoms with Crippen LogP contribution in [0.25, 0.3) is 0 Å². The molecular weight excluding hydrogens is 208 g/mol.